The van der Waals surface area contributed by atoms with Crippen LogP contribution in [0.2, 0.25) is 0 Å². The van der Waals surface area contributed by atoms with E-state index >= 15 is 0 Å². The lowest BCUT2D eigenvalue weighted by Crippen LogP contribution is -2.48. The van der Waals surface area contributed by atoms with Crippen LogP contribution in [0.15, 0.2) is 21.9 Å². The van der Waals surface area contributed by atoms with Gasteiger partial charge in [-0.1, -0.05) is 6.92 Å². The molecule has 0 fully saturated rings. The van der Waals surface area contributed by atoms with Crippen LogP contribution in [-0.4, -0.2) is 32.7 Å². The third-order valence-corrected chi connectivity index (χ3v) is 3.10. The Hall–Kier alpha value is -1.89. The number of carbonyl (C=O) groups excluding carboxylic acids is 1. The number of aliphatic hydroxyl groups is 1. The molecule has 0 saturated carbocycles. The molecule has 1 aromatic heterocycles. The summed E-state index contributed by atoms with van der Waals surface area (Å²) in [5, 5.41) is 11.7. The highest BCUT2D eigenvalue weighted by atomic mass is 16.3. The molecule has 0 saturated heterocycles. The highest BCUT2D eigenvalue weighted by Gasteiger charge is 2.23. The smallest absolute Gasteiger partial charge is 0.328 e. The predicted molar refractivity (Wildman–Crippen MR) is 69.9 cm³/mol. The molecule has 0 aliphatic carbocycles. The predicted octanol–water partition coefficient (Wildman–Crippen LogP) is -0.796. The van der Waals surface area contributed by atoms with Crippen LogP contribution in [0.25, 0.3) is 0 Å². The number of amides is 1. The lowest BCUT2D eigenvalue weighted by atomic mass is 9.95. The van der Waals surface area contributed by atoms with E-state index in [9.17, 15) is 14.4 Å². The minimum absolute atomic E-state index is 0.0246. The summed E-state index contributed by atoms with van der Waals surface area (Å²) < 4.78 is 1.12. The van der Waals surface area contributed by atoms with Crippen LogP contribution in [0, 0.1) is 0 Å². The zero-order chi connectivity index (χ0) is 14.5. The lowest BCUT2D eigenvalue weighted by Gasteiger charge is -2.29. The minimum Gasteiger partial charge on any atom is -0.396 e. The maximum atomic E-state index is 11.9. The molecular weight excluding hydrogens is 250 g/mol. The SMILES string of the molecule is CCC(C)(CCO)NC(=O)Cn1ccc(=O)[nH]c1=O. The van der Waals surface area contributed by atoms with Gasteiger partial charge in [-0.25, -0.2) is 4.79 Å². The van der Waals surface area contributed by atoms with E-state index in [1.165, 1.54) is 12.3 Å². The van der Waals surface area contributed by atoms with Crippen LogP contribution >= 0.6 is 0 Å². The molecule has 0 radical (unpaired) electrons. The molecule has 0 aromatic carbocycles. The fourth-order valence-electron chi connectivity index (χ4n) is 1.67. The Kier molecular flexibility index (Phi) is 5.05. The monoisotopic (exact) mass is 269 g/mol. The summed E-state index contributed by atoms with van der Waals surface area (Å²) in [5.74, 6) is -0.341. The molecular formula is C12H19N3O4. The Morgan fingerprint density at radius 2 is 2.21 bits per heavy atom. The topological polar surface area (TPSA) is 104 Å². The number of hydrogen-bond acceptors (Lipinski definition) is 4. The van der Waals surface area contributed by atoms with Crippen molar-refractivity contribution in [3.05, 3.63) is 33.1 Å². The van der Waals surface area contributed by atoms with Gasteiger partial charge >= 0.3 is 5.69 Å². The molecule has 0 bridgehead atoms. The van der Waals surface area contributed by atoms with E-state index in [0.29, 0.717) is 12.8 Å². The summed E-state index contributed by atoms with van der Waals surface area (Å²) in [7, 11) is 0. The largest absolute Gasteiger partial charge is 0.396 e. The summed E-state index contributed by atoms with van der Waals surface area (Å²) in [6.45, 7) is 3.54. The van der Waals surface area contributed by atoms with E-state index in [1.807, 2.05) is 13.8 Å². The van der Waals surface area contributed by atoms with E-state index < -0.39 is 16.8 Å². The first-order chi connectivity index (χ1) is 8.90. The van der Waals surface area contributed by atoms with E-state index in [-0.39, 0.29) is 19.1 Å². The van der Waals surface area contributed by atoms with Crippen molar-refractivity contribution in [3.63, 3.8) is 0 Å². The number of nitrogens with one attached hydrogen (secondary N) is 2. The molecule has 1 heterocycles. The molecule has 106 valence electrons. The number of nitrogens with zero attached hydrogens (tertiary/aromatic N) is 1. The molecule has 0 aliphatic rings. The van der Waals surface area contributed by atoms with Crippen molar-refractivity contribution >= 4 is 5.91 Å². The zero-order valence-electron chi connectivity index (χ0n) is 11.1. The summed E-state index contributed by atoms with van der Waals surface area (Å²) in [6.07, 6.45) is 2.38. The fraction of sp³-hybridized carbons (Fsp3) is 0.583. The van der Waals surface area contributed by atoms with Gasteiger partial charge in [0, 0.05) is 24.4 Å². The lowest BCUT2D eigenvalue weighted by molar-refractivity contribution is -0.123. The Morgan fingerprint density at radius 3 is 2.74 bits per heavy atom. The van der Waals surface area contributed by atoms with Gasteiger partial charge in [-0.3, -0.25) is 19.1 Å². The third-order valence-electron chi connectivity index (χ3n) is 3.10. The first-order valence-corrected chi connectivity index (χ1v) is 6.12. The Morgan fingerprint density at radius 1 is 1.53 bits per heavy atom. The molecule has 19 heavy (non-hydrogen) atoms. The van der Waals surface area contributed by atoms with Gasteiger partial charge in [0.15, 0.2) is 0 Å². The second-order valence-electron chi connectivity index (χ2n) is 4.67. The van der Waals surface area contributed by atoms with Gasteiger partial charge in [0.25, 0.3) is 5.56 Å². The first-order valence-electron chi connectivity index (χ1n) is 6.12. The fourth-order valence-corrected chi connectivity index (χ4v) is 1.67. The van der Waals surface area contributed by atoms with E-state index in [4.69, 9.17) is 5.11 Å². The third kappa shape index (κ3) is 4.36. The second-order valence-corrected chi connectivity index (χ2v) is 4.67. The molecule has 7 nitrogen and oxygen atoms in total. The van der Waals surface area contributed by atoms with Crippen LogP contribution in [0.1, 0.15) is 26.7 Å². The average Bonchev–Trinajstić information content (AvgIpc) is 2.33. The van der Waals surface area contributed by atoms with Crippen LogP contribution in [0.4, 0.5) is 0 Å². The van der Waals surface area contributed by atoms with Crippen molar-refractivity contribution in [1.29, 1.82) is 0 Å². The van der Waals surface area contributed by atoms with Crippen molar-refractivity contribution in [2.75, 3.05) is 6.61 Å². The normalized spacial score (nSPS) is 13.8. The number of aliphatic hydroxyl groups excluding tert-OH is 1. The molecule has 0 aliphatic heterocycles. The van der Waals surface area contributed by atoms with Crippen molar-refractivity contribution in [2.45, 2.75) is 38.8 Å². The maximum Gasteiger partial charge on any atom is 0.328 e. The standard InChI is InChI=1S/C12H19N3O4/c1-3-12(2,5-7-16)14-10(18)8-15-6-4-9(17)13-11(15)19/h4,6,16H,3,5,7-8H2,1-2H3,(H,14,18)(H,13,17,19). The van der Waals surface area contributed by atoms with E-state index in [1.54, 1.807) is 0 Å². The van der Waals surface area contributed by atoms with Crippen molar-refractivity contribution in [3.8, 4) is 0 Å². The Bertz CT molecular complexity index is 548. The summed E-state index contributed by atoms with van der Waals surface area (Å²) in [5.41, 5.74) is -1.62. The van der Waals surface area contributed by atoms with Crippen molar-refractivity contribution in [2.24, 2.45) is 0 Å². The Balaban J connectivity index is 2.75. The number of aromatic amines is 1. The number of hydrogen-bond donors (Lipinski definition) is 3. The highest BCUT2D eigenvalue weighted by molar-refractivity contribution is 5.76. The number of rotatable bonds is 6. The second kappa shape index (κ2) is 6.33. The average molecular weight is 269 g/mol. The molecule has 1 amide bonds. The summed E-state index contributed by atoms with van der Waals surface area (Å²) >= 11 is 0. The number of aromatic nitrogens is 2. The molecule has 1 aromatic rings. The van der Waals surface area contributed by atoms with Gasteiger partial charge in [-0.15, -0.1) is 0 Å². The van der Waals surface area contributed by atoms with Gasteiger partial charge in [0.2, 0.25) is 5.91 Å². The first kappa shape index (κ1) is 15.2. The molecule has 3 N–H and O–H groups in total. The zero-order valence-corrected chi connectivity index (χ0v) is 11.1. The Labute approximate surface area is 110 Å². The van der Waals surface area contributed by atoms with Crippen LogP contribution < -0.4 is 16.6 Å². The number of carbonyl (C=O) groups is 1. The van der Waals surface area contributed by atoms with Gasteiger partial charge < -0.3 is 10.4 Å². The minimum atomic E-state index is -0.622. The van der Waals surface area contributed by atoms with Gasteiger partial charge in [-0.2, -0.15) is 0 Å². The molecule has 1 atom stereocenters. The van der Waals surface area contributed by atoms with Gasteiger partial charge in [-0.05, 0) is 19.8 Å². The van der Waals surface area contributed by atoms with Crippen molar-refractivity contribution in [1.82, 2.24) is 14.9 Å². The van der Waals surface area contributed by atoms with Crippen LogP contribution in [0.5, 0.6) is 0 Å². The highest BCUT2D eigenvalue weighted by Crippen LogP contribution is 2.13. The molecule has 0 spiro atoms. The van der Waals surface area contributed by atoms with Crippen LogP contribution in [0.3, 0.4) is 0 Å². The summed E-state index contributed by atoms with van der Waals surface area (Å²) in [4.78, 5) is 36.2. The van der Waals surface area contributed by atoms with Gasteiger partial charge in [0.1, 0.15) is 6.54 Å². The van der Waals surface area contributed by atoms with Crippen LogP contribution in [-0.2, 0) is 11.3 Å². The quantitative estimate of drug-likeness (QED) is 0.629. The van der Waals surface area contributed by atoms with E-state index in [0.717, 1.165) is 4.57 Å². The molecule has 1 rings (SSSR count). The number of H-pyrrole nitrogens is 1. The van der Waals surface area contributed by atoms with E-state index in [2.05, 4.69) is 10.3 Å². The van der Waals surface area contributed by atoms with Crippen molar-refractivity contribution < 1.29 is 9.90 Å². The molecule has 7 heteroatoms. The summed E-state index contributed by atoms with van der Waals surface area (Å²) in [6, 6.07) is 1.18. The molecule has 1 unspecified atom stereocenters. The van der Waals surface area contributed by atoms with Gasteiger partial charge in [0.05, 0.1) is 0 Å². The maximum absolute atomic E-state index is 11.9.